The Hall–Kier alpha value is -1.06. The molecule has 114 valence electrons. The summed E-state index contributed by atoms with van der Waals surface area (Å²) in [7, 11) is 3.54. The predicted octanol–water partition coefficient (Wildman–Crippen LogP) is 2.43. The van der Waals surface area contributed by atoms with Gasteiger partial charge in [-0.3, -0.25) is 9.59 Å². The average Bonchev–Trinajstić information content (AvgIpc) is 2.94. The molecule has 2 amide bonds. The molecular formula is C16H28N2O2. The van der Waals surface area contributed by atoms with Crippen molar-refractivity contribution in [3.8, 4) is 0 Å². The fourth-order valence-electron chi connectivity index (χ4n) is 3.57. The van der Waals surface area contributed by atoms with Crippen molar-refractivity contribution >= 4 is 11.8 Å². The first-order chi connectivity index (χ1) is 9.59. The minimum atomic E-state index is -0.205. The van der Waals surface area contributed by atoms with Gasteiger partial charge >= 0.3 is 0 Å². The second-order valence-electron chi connectivity index (χ2n) is 6.52. The highest BCUT2D eigenvalue weighted by atomic mass is 16.2. The van der Waals surface area contributed by atoms with E-state index in [-0.39, 0.29) is 17.9 Å². The molecule has 2 rings (SSSR count). The third kappa shape index (κ3) is 3.74. The second-order valence-corrected chi connectivity index (χ2v) is 6.52. The highest BCUT2D eigenvalue weighted by Gasteiger charge is 2.34. The molecule has 1 atom stereocenters. The molecule has 1 heterocycles. The highest BCUT2D eigenvalue weighted by Crippen LogP contribution is 2.28. The molecule has 2 fully saturated rings. The number of carbonyl (C=O) groups is 2. The zero-order valence-electron chi connectivity index (χ0n) is 12.9. The van der Waals surface area contributed by atoms with Gasteiger partial charge in [0.25, 0.3) is 0 Å². The summed E-state index contributed by atoms with van der Waals surface area (Å²) in [4.78, 5) is 27.9. The second kappa shape index (κ2) is 7.09. The predicted molar refractivity (Wildman–Crippen MR) is 79.2 cm³/mol. The maximum Gasteiger partial charge on any atom is 0.244 e. The van der Waals surface area contributed by atoms with Crippen LogP contribution in [-0.2, 0) is 9.59 Å². The van der Waals surface area contributed by atoms with Gasteiger partial charge in [-0.05, 0) is 25.2 Å². The summed E-state index contributed by atoms with van der Waals surface area (Å²) in [5, 5.41) is 0. The van der Waals surface area contributed by atoms with Gasteiger partial charge in [0, 0.05) is 27.1 Å². The van der Waals surface area contributed by atoms with E-state index in [0.717, 1.165) is 31.7 Å². The van der Waals surface area contributed by atoms with Gasteiger partial charge in [-0.25, -0.2) is 0 Å². The van der Waals surface area contributed by atoms with Crippen molar-refractivity contribution in [1.82, 2.24) is 9.80 Å². The zero-order chi connectivity index (χ0) is 14.5. The van der Waals surface area contributed by atoms with Gasteiger partial charge in [0.15, 0.2) is 0 Å². The molecule has 0 N–H and O–H groups in total. The molecule has 1 saturated carbocycles. The SMILES string of the molecule is CN(C)C(=O)C1CCCN1C(=O)CCC1CCCCC1. The number of nitrogens with zero attached hydrogens (tertiary/aromatic N) is 2. The smallest absolute Gasteiger partial charge is 0.244 e. The third-order valence-electron chi connectivity index (χ3n) is 4.79. The Morgan fingerprint density at radius 3 is 2.40 bits per heavy atom. The summed E-state index contributed by atoms with van der Waals surface area (Å²) < 4.78 is 0. The van der Waals surface area contributed by atoms with Crippen LogP contribution < -0.4 is 0 Å². The van der Waals surface area contributed by atoms with Crippen molar-refractivity contribution in [3.05, 3.63) is 0 Å². The van der Waals surface area contributed by atoms with Crippen LogP contribution in [0, 0.1) is 5.92 Å². The first-order valence-corrected chi connectivity index (χ1v) is 8.10. The minimum Gasteiger partial charge on any atom is -0.347 e. The molecule has 0 aromatic heterocycles. The van der Waals surface area contributed by atoms with Gasteiger partial charge in [0.2, 0.25) is 11.8 Å². The Labute approximate surface area is 122 Å². The first-order valence-electron chi connectivity index (χ1n) is 8.10. The number of amides is 2. The van der Waals surface area contributed by atoms with E-state index in [1.807, 2.05) is 4.90 Å². The molecular weight excluding hydrogens is 252 g/mol. The summed E-state index contributed by atoms with van der Waals surface area (Å²) in [5.74, 6) is 1.00. The largest absolute Gasteiger partial charge is 0.347 e. The molecule has 0 bridgehead atoms. The molecule has 0 aromatic rings. The van der Waals surface area contributed by atoms with Crippen LogP contribution in [-0.4, -0.2) is 48.3 Å². The maximum absolute atomic E-state index is 12.4. The summed E-state index contributed by atoms with van der Waals surface area (Å²) in [6.45, 7) is 0.758. The van der Waals surface area contributed by atoms with Crippen molar-refractivity contribution in [2.45, 2.75) is 63.8 Å². The summed E-state index contributed by atoms with van der Waals surface area (Å²) in [5.41, 5.74) is 0. The summed E-state index contributed by atoms with van der Waals surface area (Å²) in [6, 6.07) is -0.205. The lowest BCUT2D eigenvalue weighted by Crippen LogP contribution is -2.45. The highest BCUT2D eigenvalue weighted by molar-refractivity contribution is 5.88. The molecule has 1 aliphatic carbocycles. The number of likely N-dealkylation sites (tertiary alicyclic amines) is 1. The summed E-state index contributed by atoms with van der Waals surface area (Å²) in [6.07, 6.45) is 10.00. The number of rotatable bonds is 4. The Morgan fingerprint density at radius 2 is 1.75 bits per heavy atom. The molecule has 0 spiro atoms. The number of likely N-dealkylation sites (N-methyl/N-ethyl adjacent to an activating group) is 1. The number of carbonyl (C=O) groups excluding carboxylic acids is 2. The fourth-order valence-corrected chi connectivity index (χ4v) is 3.57. The van der Waals surface area contributed by atoms with Crippen molar-refractivity contribution in [2.75, 3.05) is 20.6 Å². The standard InChI is InChI=1S/C16H28N2O2/c1-17(2)16(20)14-9-6-12-18(14)15(19)11-10-13-7-4-3-5-8-13/h13-14H,3-12H2,1-2H3. The maximum atomic E-state index is 12.4. The number of hydrogen-bond donors (Lipinski definition) is 0. The van der Waals surface area contributed by atoms with E-state index in [9.17, 15) is 9.59 Å². The number of hydrogen-bond acceptors (Lipinski definition) is 2. The van der Waals surface area contributed by atoms with Gasteiger partial charge in [-0.1, -0.05) is 32.1 Å². The zero-order valence-corrected chi connectivity index (χ0v) is 12.9. The van der Waals surface area contributed by atoms with Crippen LogP contribution in [0.25, 0.3) is 0 Å². The van der Waals surface area contributed by atoms with Crippen LogP contribution in [0.5, 0.6) is 0 Å². The van der Waals surface area contributed by atoms with Crippen molar-refractivity contribution < 1.29 is 9.59 Å². The van der Waals surface area contributed by atoms with E-state index >= 15 is 0 Å². The first kappa shape index (κ1) is 15.3. The van der Waals surface area contributed by atoms with Crippen LogP contribution in [0.3, 0.4) is 0 Å². The lowest BCUT2D eigenvalue weighted by atomic mass is 9.86. The lowest BCUT2D eigenvalue weighted by molar-refractivity contribution is -0.142. The molecule has 1 saturated heterocycles. The average molecular weight is 280 g/mol. The molecule has 4 heteroatoms. The van der Waals surface area contributed by atoms with Gasteiger partial charge in [0.1, 0.15) is 6.04 Å². The molecule has 0 radical (unpaired) electrons. The van der Waals surface area contributed by atoms with Gasteiger partial charge in [0.05, 0.1) is 0 Å². The third-order valence-corrected chi connectivity index (χ3v) is 4.79. The van der Waals surface area contributed by atoms with Gasteiger partial charge < -0.3 is 9.80 Å². The fraction of sp³-hybridized carbons (Fsp3) is 0.875. The normalized spacial score (nSPS) is 23.9. The van der Waals surface area contributed by atoms with Crippen LogP contribution in [0.1, 0.15) is 57.8 Å². The molecule has 4 nitrogen and oxygen atoms in total. The monoisotopic (exact) mass is 280 g/mol. The van der Waals surface area contributed by atoms with Crippen molar-refractivity contribution in [1.29, 1.82) is 0 Å². The van der Waals surface area contributed by atoms with E-state index in [1.165, 1.54) is 32.1 Å². The Kier molecular flexibility index (Phi) is 5.44. The molecule has 0 aromatic carbocycles. The topological polar surface area (TPSA) is 40.6 Å². The van der Waals surface area contributed by atoms with Crippen molar-refractivity contribution in [3.63, 3.8) is 0 Å². The van der Waals surface area contributed by atoms with Crippen LogP contribution in [0.15, 0.2) is 0 Å². The molecule has 20 heavy (non-hydrogen) atoms. The quantitative estimate of drug-likeness (QED) is 0.793. The van der Waals surface area contributed by atoms with E-state index in [2.05, 4.69) is 0 Å². The van der Waals surface area contributed by atoms with E-state index < -0.39 is 0 Å². The van der Waals surface area contributed by atoms with Crippen LogP contribution >= 0.6 is 0 Å². The molecule has 1 aliphatic heterocycles. The minimum absolute atomic E-state index is 0.0773. The Balaban J connectivity index is 1.82. The Morgan fingerprint density at radius 1 is 1.05 bits per heavy atom. The van der Waals surface area contributed by atoms with Crippen LogP contribution in [0.4, 0.5) is 0 Å². The van der Waals surface area contributed by atoms with E-state index in [0.29, 0.717) is 6.42 Å². The van der Waals surface area contributed by atoms with E-state index in [4.69, 9.17) is 0 Å². The van der Waals surface area contributed by atoms with Crippen LogP contribution in [0.2, 0.25) is 0 Å². The van der Waals surface area contributed by atoms with Crippen molar-refractivity contribution in [2.24, 2.45) is 5.92 Å². The molecule has 2 aliphatic rings. The molecule has 1 unspecified atom stereocenters. The Bertz CT molecular complexity index is 348. The lowest BCUT2D eigenvalue weighted by Gasteiger charge is -2.27. The van der Waals surface area contributed by atoms with E-state index in [1.54, 1.807) is 19.0 Å². The summed E-state index contributed by atoms with van der Waals surface area (Å²) >= 11 is 0. The van der Waals surface area contributed by atoms with Gasteiger partial charge in [-0.2, -0.15) is 0 Å². The van der Waals surface area contributed by atoms with Gasteiger partial charge in [-0.15, -0.1) is 0 Å².